The second-order valence-electron chi connectivity index (χ2n) is 8.94. The molecule has 188 valence electrons. The van der Waals surface area contributed by atoms with Crippen LogP contribution in [0.1, 0.15) is 50.2 Å². The zero-order chi connectivity index (χ0) is 25.2. The second-order valence-corrected chi connectivity index (χ2v) is 8.94. The highest BCUT2D eigenvalue weighted by Gasteiger charge is 2.29. The zero-order valence-corrected chi connectivity index (χ0v) is 20.3. The maximum absolute atomic E-state index is 12.4. The fraction of sp³-hybridized carbons (Fsp3) is 0.444. The average molecular weight is 483 g/mol. The number of hydrogen-bond acceptors (Lipinski definition) is 5. The monoisotopic (exact) mass is 482 g/mol. The Morgan fingerprint density at radius 3 is 2.23 bits per heavy atom. The van der Waals surface area contributed by atoms with Crippen LogP contribution in [0.25, 0.3) is 11.1 Å². The van der Waals surface area contributed by atoms with E-state index in [9.17, 15) is 14.4 Å². The molecule has 2 atom stereocenters. The van der Waals surface area contributed by atoms with Gasteiger partial charge in [0.2, 0.25) is 5.91 Å². The Morgan fingerprint density at radius 2 is 1.60 bits per heavy atom. The molecule has 8 heteroatoms. The van der Waals surface area contributed by atoms with Crippen molar-refractivity contribution < 1.29 is 29.0 Å². The summed E-state index contributed by atoms with van der Waals surface area (Å²) in [5, 5.41) is 14.1. The molecule has 1 aliphatic carbocycles. The molecule has 0 aliphatic heterocycles. The molecule has 0 saturated carbocycles. The van der Waals surface area contributed by atoms with E-state index in [0.29, 0.717) is 6.42 Å². The van der Waals surface area contributed by atoms with Crippen LogP contribution in [0, 0.1) is 5.92 Å². The number of fused-ring (bicyclic) bond motifs is 3. The van der Waals surface area contributed by atoms with Crippen LogP contribution in [0.3, 0.4) is 0 Å². The van der Waals surface area contributed by atoms with E-state index in [0.717, 1.165) is 12.8 Å². The maximum Gasteiger partial charge on any atom is 0.407 e. The van der Waals surface area contributed by atoms with Gasteiger partial charge in [0.25, 0.3) is 0 Å². The molecule has 8 nitrogen and oxygen atoms in total. The molecule has 1 aliphatic rings. The molecule has 0 radical (unpaired) electrons. The van der Waals surface area contributed by atoms with E-state index in [1.807, 2.05) is 38.1 Å². The first-order chi connectivity index (χ1) is 16.9. The van der Waals surface area contributed by atoms with Crippen LogP contribution in [-0.2, 0) is 19.1 Å². The first-order valence-electron chi connectivity index (χ1n) is 12.1. The van der Waals surface area contributed by atoms with Gasteiger partial charge in [-0.25, -0.2) is 9.59 Å². The van der Waals surface area contributed by atoms with Crippen molar-refractivity contribution in [2.24, 2.45) is 5.92 Å². The van der Waals surface area contributed by atoms with Gasteiger partial charge in [-0.3, -0.25) is 4.79 Å². The summed E-state index contributed by atoms with van der Waals surface area (Å²) in [6.45, 7) is 4.10. The lowest BCUT2D eigenvalue weighted by Gasteiger charge is -2.18. The number of carbonyl (C=O) groups excluding carboxylic acids is 2. The Morgan fingerprint density at radius 1 is 0.971 bits per heavy atom. The normalized spacial score (nSPS) is 13.9. The third-order valence-electron chi connectivity index (χ3n) is 6.20. The highest BCUT2D eigenvalue weighted by molar-refractivity contribution is 5.79. The van der Waals surface area contributed by atoms with Gasteiger partial charge in [0, 0.05) is 24.4 Å². The molecule has 2 unspecified atom stereocenters. The predicted octanol–water partition coefficient (Wildman–Crippen LogP) is 3.94. The van der Waals surface area contributed by atoms with Gasteiger partial charge in [0.1, 0.15) is 13.2 Å². The van der Waals surface area contributed by atoms with Crippen LogP contribution in [0.5, 0.6) is 0 Å². The van der Waals surface area contributed by atoms with E-state index in [1.165, 1.54) is 22.3 Å². The number of carboxylic acids is 1. The molecule has 35 heavy (non-hydrogen) atoms. The minimum atomic E-state index is -1.04. The molecule has 0 bridgehead atoms. The molecule has 0 aromatic heterocycles. The second kappa shape index (κ2) is 12.9. The number of carboxylic acid groups (broad SMARTS) is 1. The Bertz CT molecular complexity index is 979. The number of aliphatic carboxylic acids is 1. The smallest absolute Gasteiger partial charge is 0.407 e. The summed E-state index contributed by atoms with van der Waals surface area (Å²) in [6, 6.07) is 16.4. The molecule has 3 rings (SSSR count). The summed E-state index contributed by atoms with van der Waals surface area (Å²) in [4.78, 5) is 34.9. The van der Waals surface area contributed by atoms with Gasteiger partial charge < -0.3 is 25.2 Å². The van der Waals surface area contributed by atoms with Crippen LogP contribution >= 0.6 is 0 Å². The Balaban J connectivity index is 1.35. The molecular formula is C27H34N2O6. The van der Waals surface area contributed by atoms with E-state index in [2.05, 4.69) is 34.9 Å². The lowest BCUT2D eigenvalue weighted by Crippen LogP contribution is -2.34. The molecule has 0 saturated heterocycles. The van der Waals surface area contributed by atoms with Crippen molar-refractivity contribution in [3.05, 3.63) is 59.7 Å². The summed E-state index contributed by atoms with van der Waals surface area (Å²) >= 11 is 0. The molecule has 2 aromatic carbocycles. The molecule has 0 fully saturated rings. The topological polar surface area (TPSA) is 114 Å². The van der Waals surface area contributed by atoms with E-state index in [4.69, 9.17) is 14.6 Å². The first-order valence-corrected chi connectivity index (χ1v) is 12.1. The predicted molar refractivity (Wildman–Crippen MR) is 132 cm³/mol. The molecular weight excluding hydrogens is 448 g/mol. The highest BCUT2D eigenvalue weighted by Crippen LogP contribution is 2.44. The minimum Gasteiger partial charge on any atom is -0.480 e. The summed E-state index contributed by atoms with van der Waals surface area (Å²) in [5.74, 6) is -1.29. The summed E-state index contributed by atoms with van der Waals surface area (Å²) in [5.41, 5.74) is 4.73. The van der Waals surface area contributed by atoms with Gasteiger partial charge in [-0.2, -0.15) is 0 Å². The number of carbonyl (C=O) groups is 3. The van der Waals surface area contributed by atoms with Crippen LogP contribution in [0.2, 0.25) is 0 Å². The van der Waals surface area contributed by atoms with Crippen LogP contribution in [0.15, 0.2) is 48.5 Å². The third-order valence-corrected chi connectivity index (χ3v) is 6.20. The van der Waals surface area contributed by atoms with Crippen molar-refractivity contribution in [3.8, 4) is 11.1 Å². The van der Waals surface area contributed by atoms with Gasteiger partial charge in [-0.1, -0.05) is 61.9 Å². The quantitative estimate of drug-likeness (QED) is 0.373. The largest absolute Gasteiger partial charge is 0.480 e. The zero-order valence-electron chi connectivity index (χ0n) is 20.3. The van der Waals surface area contributed by atoms with Crippen molar-refractivity contribution in [2.75, 3.05) is 26.4 Å². The van der Waals surface area contributed by atoms with Gasteiger partial charge in [-0.15, -0.1) is 0 Å². The summed E-state index contributed by atoms with van der Waals surface area (Å²) < 4.78 is 10.5. The van der Waals surface area contributed by atoms with Crippen molar-refractivity contribution in [1.82, 2.24) is 10.6 Å². The van der Waals surface area contributed by atoms with Crippen LogP contribution < -0.4 is 10.6 Å². The number of ether oxygens (including phenoxy) is 2. The van der Waals surface area contributed by atoms with Crippen LogP contribution in [-0.4, -0.2) is 55.5 Å². The SMILES string of the molecule is CC(CCCC(C)C(=O)NCCOCC(=O)O)NC(=O)OCC1c2ccccc2-c2ccccc21. The molecule has 3 N–H and O–H groups in total. The molecule has 0 spiro atoms. The third kappa shape index (κ3) is 7.55. The lowest BCUT2D eigenvalue weighted by atomic mass is 9.98. The van der Waals surface area contributed by atoms with E-state index < -0.39 is 12.1 Å². The minimum absolute atomic E-state index is 0.0253. The summed E-state index contributed by atoms with van der Waals surface area (Å²) in [6.07, 6.45) is 1.74. The summed E-state index contributed by atoms with van der Waals surface area (Å²) in [7, 11) is 0. The number of benzene rings is 2. The van der Waals surface area contributed by atoms with Crippen molar-refractivity contribution >= 4 is 18.0 Å². The fourth-order valence-electron chi connectivity index (χ4n) is 4.35. The number of alkyl carbamates (subject to hydrolysis) is 1. The van der Waals surface area contributed by atoms with E-state index in [-0.39, 0.29) is 50.2 Å². The first kappa shape index (κ1) is 26.2. The van der Waals surface area contributed by atoms with Crippen molar-refractivity contribution in [3.63, 3.8) is 0 Å². The van der Waals surface area contributed by atoms with E-state index in [1.54, 1.807) is 0 Å². The molecule has 2 amide bonds. The lowest BCUT2D eigenvalue weighted by molar-refractivity contribution is -0.142. The molecule has 0 heterocycles. The number of hydrogen-bond donors (Lipinski definition) is 3. The number of amides is 2. The van der Waals surface area contributed by atoms with Gasteiger partial charge in [0.15, 0.2) is 0 Å². The molecule has 2 aromatic rings. The van der Waals surface area contributed by atoms with Gasteiger partial charge >= 0.3 is 12.1 Å². The Kier molecular flexibility index (Phi) is 9.66. The average Bonchev–Trinajstić information content (AvgIpc) is 3.15. The van der Waals surface area contributed by atoms with Crippen LogP contribution in [0.4, 0.5) is 4.79 Å². The Hall–Kier alpha value is -3.39. The van der Waals surface area contributed by atoms with Crippen molar-refractivity contribution in [2.45, 2.75) is 45.1 Å². The number of rotatable bonds is 13. The fourth-order valence-corrected chi connectivity index (χ4v) is 4.35. The standard InChI is InChI=1S/C27H34N2O6/c1-18(26(32)28-14-15-34-17-25(30)31)8-7-9-19(2)29-27(33)35-16-24-22-12-5-3-10-20(22)21-11-4-6-13-23(21)24/h3-6,10-13,18-19,24H,7-9,14-17H2,1-2H3,(H,28,32)(H,29,33)(H,30,31). The van der Waals surface area contributed by atoms with E-state index >= 15 is 0 Å². The van der Waals surface area contributed by atoms with Gasteiger partial charge in [0.05, 0.1) is 6.61 Å². The highest BCUT2D eigenvalue weighted by atomic mass is 16.5. The Labute approximate surface area is 206 Å². The maximum atomic E-state index is 12.4. The van der Waals surface area contributed by atoms with Crippen molar-refractivity contribution in [1.29, 1.82) is 0 Å². The van der Waals surface area contributed by atoms with Gasteiger partial charge in [-0.05, 0) is 42.0 Å². The number of nitrogens with one attached hydrogen (secondary N) is 2.